The van der Waals surface area contributed by atoms with E-state index in [9.17, 15) is 9.59 Å². The molecule has 2 unspecified atom stereocenters. The van der Waals surface area contributed by atoms with Gasteiger partial charge in [-0.1, -0.05) is 25.1 Å². The molecule has 21 heavy (non-hydrogen) atoms. The molecular formula is C15H18N4O2. The predicted octanol–water partition coefficient (Wildman–Crippen LogP) is 0.651. The second kappa shape index (κ2) is 5.65. The number of rotatable bonds is 2. The van der Waals surface area contributed by atoms with Crippen LogP contribution in [0, 0.1) is 5.92 Å². The maximum absolute atomic E-state index is 12.5. The Morgan fingerprint density at radius 2 is 2.10 bits per heavy atom. The molecule has 0 spiro atoms. The molecule has 1 aromatic heterocycles. The summed E-state index contributed by atoms with van der Waals surface area (Å²) in [4.78, 5) is 24.2. The number of carbonyl (C=O) groups is 1. The summed E-state index contributed by atoms with van der Waals surface area (Å²) in [5.74, 6) is 0.173. The standard InChI is InChI=1S/C15H18N4O2/c1-9-6-7-16-8-12(9)17-15(21)13-10-4-2-3-5-11(10)14(20)19-18-13/h2-5,9,12,16H,6-8H2,1H3,(H,17,21)(H,19,20). The van der Waals surface area contributed by atoms with Crippen molar-refractivity contribution in [3.63, 3.8) is 0 Å². The zero-order chi connectivity index (χ0) is 14.8. The van der Waals surface area contributed by atoms with Gasteiger partial charge < -0.3 is 10.6 Å². The van der Waals surface area contributed by atoms with Crippen LogP contribution in [0.4, 0.5) is 0 Å². The van der Waals surface area contributed by atoms with Crippen molar-refractivity contribution >= 4 is 16.7 Å². The molecule has 1 aromatic carbocycles. The molecule has 2 aromatic rings. The van der Waals surface area contributed by atoms with E-state index in [0.717, 1.165) is 19.5 Å². The molecule has 1 saturated heterocycles. The van der Waals surface area contributed by atoms with E-state index in [-0.39, 0.29) is 23.2 Å². The van der Waals surface area contributed by atoms with Crippen LogP contribution in [0.25, 0.3) is 10.8 Å². The summed E-state index contributed by atoms with van der Waals surface area (Å²) < 4.78 is 0. The van der Waals surface area contributed by atoms with Crippen LogP contribution >= 0.6 is 0 Å². The molecule has 2 atom stereocenters. The summed E-state index contributed by atoms with van der Waals surface area (Å²) in [6, 6.07) is 7.09. The van der Waals surface area contributed by atoms with Crippen molar-refractivity contribution in [2.45, 2.75) is 19.4 Å². The first-order chi connectivity index (χ1) is 10.2. The molecule has 3 rings (SSSR count). The highest BCUT2D eigenvalue weighted by atomic mass is 16.2. The Kier molecular flexibility index (Phi) is 3.70. The van der Waals surface area contributed by atoms with E-state index in [0.29, 0.717) is 16.7 Å². The molecule has 0 bridgehead atoms. The lowest BCUT2D eigenvalue weighted by Gasteiger charge is -2.30. The fourth-order valence-corrected chi connectivity index (χ4v) is 2.71. The summed E-state index contributed by atoms with van der Waals surface area (Å²) >= 11 is 0. The number of carbonyl (C=O) groups excluding carboxylic acids is 1. The number of amides is 1. The highest BCUT2D eigenvalue weighted by molar-refractivity contribution is 6.04. The fraction of sp³-hybridized carbons (Fsp3) is 0.400. The van der Waals surface area contributed by atoms with Crippen LogP contribution in [-0.2, 0) is 0 Å². The lowest BCUT2D eigenvalue weighted by atomic mass is 9.94. The third-order valence-corrected chi connectivity index (χ3v) is 4.06. The minimum Gasteiger partial charge on any atom is -0.346 e. The van der Waals surface area contributed by atoms with Crippen molar-refractivity contribution in [1.29, 1.82) is 0 Å². The number of nitrogens with zero attached hydrogens (tertiary/aromatic N) is 1. The Labute approximate surface area is 121 Å². The molecule has 1 amide bonds. The van der Waals surface area contributed by atoms with E-state index in [1.165, 1.54) is 0 Å². The minimum absolute atomic E-state index is 0.0822. The molecule has 6 heteroatoms. The van der Waals surface area contributed by atoms with Crippen LogP contribution in [0.1, 0.15) is 23.8 Å². The quantitative estimate of drug-likeness (QED) is 0.756. The highest BCUT2D eigenvalue weighted by Crippen LogP contribution is 2.15. The smallest absolute Gasteiger partial charge is 0.272 e. The SMILES string of the molecule is CC1CCNCC1NC(=O)c1n[nH]c(=O)c2ccccc12. The average Bonchev–Trinajstić information content (AvgIpc) is 2.50. The molecule has 1 aliphatic rings. The average molecular weight is 286 g/mol. The third kappa shape index (κ3) is 2.67. The number of benzene rings is 1. The lowest BCUT2D eigenvalue weighted by molar-refractivity contribution is 0.0911. The molecule has 6 nitrogen and oxygen atoms in total. The number of hydrogen-bond acceptors (Lipinski definition) is 4. The normalized spacial score (nSPS) is 22.1. The van der Waals surface area contributed by atoms with E-state index in [4.69, 9.17) is 0 Å². The van der Waals surface area contributed by atoms with Gasteiger partial charge in [-0.3, -0.25) is 9.59 Å². The topological polar surface area (TPSA) is 86.9 Å². The second-order valence-corrected chi connectivity index (χ2v) is 5.50. The van der Waals surface area contributed by atoms with Crippen LogP contribution < -0.4 is 16.2 Å². The van der Waals surface area contributed by atoms with E-state index in [1.54, 1.807) is 24.3 Å². The number of H-pyrrole nitrogens is 1. The van der Waals surface area contributed by atoms with Gasteiger partial charge in [-0.05, 0) is 24.9 Å². The van der Waals surface area contributed by atoms with Crippen molar-refractivity contribution in [3.8, 4) is 0 Å². The number of hydrogen-bond donors (Lipinski definition) is 3. The summed E-state index contributed by atoms with van der Waals surface area (Å²) in [5.41, 5.74) is -0.0159. The number of fused-ring (bicyclic) bond motifs is 1. The molecule has 1 aliphatic heterocycles. The second-order valence-electron chi connectivity index (χ2n) is 5.50. The molecule has 0 radical (unpaired) electrons. The molecule has 0 saturated carbocycles. The summed E-state index contributed by atoms with van der Waals surface area (Å²) in [6.45, 7) is 3.87. The first-order valence-electron chi connectivity index (χ1n) is 7.16. The number of aromatic amines is 1. The van der Waals surface area contributed by atoms with Crippen LogP contribution in [0.2, 0.25) is 0 Å². The number of aromatic nitrogens is 2. The van der Waals surface area contributed by atoms with Crippen LogP contribution in [0.5, 0.6) is 0 Å². The predicted molar refractivity (Wildman–Crippen MR) is 80.3 cm³/mol. The van der Waals surface area contributed by atoms with Crippen molar-refractivity contribution in [1.82, 2.24) is 20.8 Å². The molecule has 110 valence electrons. The van der Waals surface area contributed by atoms with Gasteiger partial charge in [-0.15, -0.1) is 0 Å². The maximum atomic E-state index is 12.5. The van der Waals surface area contributed by atoms with Gasteiger partial charge in [-0.2, -0.15) is 5.10 Å². The summed E-state index contributed by atoms with van der Waals surface area (Å²) in [5, 5.41) is 13.7. The first kappa shape index (κ1) is 13.8. The molecule has 3 N–H and O–H groups in total. The fourth-order valence-electron chi connectivity index (χ4n) is 2.71. The molecule has 0 aliphatic carbocycles. The van der Waals surface area contributed by atoms with Crippen molar-refractivity contribution < 1.29 is 4.79 Å². The Hall–Kier alpha value is -2.21. The van der Waals surface area contributed by atoms with Gasteiger partial charge in [0.05, 0.1) is 5.39 Å². The zero-order valence-electron chi connectivity index (χ0n) is 11.8. The zero-order valence-corrected chi connectivity index (χ0v) is 11.8. The highest BCUT2D eigenvalue weighted by Gasteiger charge is 2.24. The van der Waals surface area contributed by atoms with E-state index < -0.39 is 0 Å². The van der Waals surface area contributed by atoms with E-state index in [1.807, 2.05) is 0 Å². The molecule has 2 heterocycles. The maximum Gasteiger partial charge on any atom is 0.272 e. The van der Waals surface area contributed by atoms with Crippen molar-refractivity contribution in [2.75, 3.05) is 13.1 Å². The molecule has 1 fully saturated rings. The van der Waals surface area contributed by atoms with Crippen LogP contribution in [0.15, 0.2) is 29.1 Å². The number of piperidine rings is 1. The monoisotopic (exact) mass is 286 g/mol. The number of nitrogens with one attached hydrogen (secondary N) is 3. The Morgan fingerprint density at radius 3 is 2.86 bits per heavy atom. The van der Waals surface area contributed by atoms with Crippen molar-refractivity contribution in [3.05, 3.63) is 40.3 Å². The van der Waals surface area contributed by atoms with E-state index >= 15 is 0 Å². The van der Waals surface area contributed by atoms with Gasteiger partial charge in [0.25, 0.3) is 11.5 Å². The molecular weight excluding hydrogens is 268 g/mol. The van der Waals surface area contributed by atoms with Gasteiger partial charge in [-0.25, -0.2) is 5.10 Å². The van der Waals surface area contributed by atoms with Crippen molar-refractivity contribution in [2.24, 2.45) is 5.92 Å². The summed E-state index contributed by atoms with van der Waals surface area (Å²) in [6.07, 6.45) is 1.03. The van der Waals surface area contributed by atoms with E-state index in [2.05, 4.69) is 27.8 Å². The Balaban J connectivity index is 1.91. The van der Waals surface area contributed by atoms with Gasteiger partial charge in [0, 0.05) is 18.0 Å². The minimum atomic E-state index is -0.283. The largest absolute Gasteiger partial charge is 0.346 e. The van der Waals surface area contributed by atoms with Gasteiger partial charge >= 0.3 is 0 Å². The van der Waals surface area contributed by atoms with Crippen LogP contribution in [-0.4, -0.2) is 35.2 Å². The lowest BCUT2D eigenvalue weighted by Crippen LogP contribution is -2.50. The third-order valence-electron chi connectivity index (χ3n) is 4.06. The van der Waals surface area contributed by atoms with Gasteiger partial charge in [0.15, 0.2) is 5.69 Å². The first-order valence-corrected chi connectivity index (χ1v) is 7.16. The Morgan fingerprint density at radius 1 is 1.33 bits per heavy atom. The van der Waals surface area contributed by atoms with Gasteiger partial charge in [0.2, 0.25) is 0 Å². The Bertz CT molecular complexity index is 725. The van der Waals surface area contributed by atoms with Crippen LogP contribution in [0.3, 0.4) is 0 Å². The van der Waals surface area contributed by atoms with Gasteiger partial charge in [0.1, 0.15) is 0 Å². The summed E-state index contributed by atoms with van der Waals surface area (Å²) in [7, 11) is 0.